The lowest BCUT2D eigenvalue weighted by Gasteiger charge is -2.30. The second kappa shape index (κ2) is 11.6. The predicted molar refractivity (Wildman–Crippen MR) is 135 cm³/mol. The number of hydrogen-bond donors (Lipinski definition) is 2. The molecular formula is C24H29FN6O2S. The predicted octanol–water partition coefficient (Wildman–Crippen LogP) is 4.16. The highest BCUT2D eigenvalue weighted by Gasteiger charge is 2.17. The summed E-state index contributed by atoms with van der Waals surface area (Å²) in [5, 5.41) is 3.68. The fourth-order valence-electron chi connectivity index (χ4n) is 3.61. The van der Waals surface area contributed by atoms with E-state index in [9.17, 15) is 14.0 Å². The van der Waals surface area contributed by atoms with Crippen molar-refractivity contribution in [2.75, 3.05) is 50.2 Å². The lowest BCUT2D eigenvalue weighted by molar-refractivity contribution is 0.0827. The molecule has 0 radical (unpaired) electrons. The van der Waals surface area contributed by atoms with Gasteiger partial charge in [-0.15, -0.1) is 0 Å². The first kappa shape index (κ1) is 25.1. The number of benzene rings is 1. The van der Waals surface area contributed by atoms with Gasteiger partial charge >= 0.3 is 0 Å². The Balaban J connectivity index is 0.000000202. The molecule has 8 nitrogen and oxygen atoms in total. The van der Waals surface area contributed by atoms with Gasteiger partial charge in [0.05, 0.1) is 17.6 Å². The smallest absolute Gasteiger partial charge is 0.253 e. The number of nitrogens with two attached hydrogens (primary N) is 1. The second-order valence-electron chi connectivity index (χ2n) is 7.97. The molecule has 1 saturated heterocycles. The molecule has 3 heterocycles. The van der Waals surface area contributed by atoms with Crippen molar-refractivity contribution in [3.63, 3.8) is 0 Å². The van der Waals surface area contributed by atoms with Crippen molar-refractivity contribution >= 4 is 39.9 Å². The number of aldehydes is 1. The van der Waals surface area contributed by atoms with E-state index in [0.29, 0.717) is 11.8 Å². The molecule has 0 atom stereocenters. The number of nitrogens with one attached hydrogen (secondary N) is 1. The van der Waals surface area contributed by atoms with E-state index in [4.69, 9.17) is 5.73 Å². The quantitative estimate of drug-likeness (QED) is 0.524. The number of halogens is 1. The zero-order valence-electron chi connectivity index (χ0n) is 19.5. The van der Waals surface area contributed by atoms with Crippen LogP contribution in [0.15, 0.2) is 36.7 Å². The molecule has 4 rings (SSSR count). The first-order chi connectivity index (χ1) is 16.3. The molecule has 1 aromatic carbocycles. The van der Waals surface area contributed by atoms with Crippen LogP contribution in [0.4, 0.5) is 20.8 Å². The molecular weight excluding hydrogens is 455 g/mol. The van der Waals surface area contributed by atoms with E-state index < -0.39 is 5.82 Å². The minimum atomic E-state index is -0.522. The Morgan fingerprint density at radius 2 is 1.97 bits per heavy atom. The van der Waals surface area contributed by atoms with Crippen LogP contribution in [0.2, 0.25) is 0 Å². The Labute approximate surface area is 202 Å². The van der Waals surface area contributed by atoms with E-state index in [1.807, 2.05) is 19.4 Å². The number of carbonyl (C=O) groups excluding carboxylic acids is 2. The summed E-state index contributed by atoms with van der Waals surface area (Å²) >= 11 is 1.01. The first-order valence-corrected chi connectivity index (χ1v) is 11.8. The Morgan fingerprint density at radius 3 is 2.59 bits per heavy atom. The highest BCUT2D eigenvalue weighted by molar-refractivity contribution is 7.19. The second-order valence-corrected chi connectivity index (χ2v) is 9.00. The van der Waals surface area contributed by atoms with E-state index in [1.165, 1.54) is 61.1 Å². The third kappa shape index (κ3) is 5.88. The van der Waals surface area contributed by atoms with Gasteiger partial charge < -0.3 is 20.9 Å². The number of carbonyl (C=O) groups is 2. The van der Waals surface area contributed by atoms with Crippen LogP contribution in [0, 0.1) is 5.82 Å². The third-order valence-electron chi connectivity index (χ3n) is 5.41. The van der Waals surface area contributed by atoms with E-state index >= 15 is 0 Å². The van der Waals surface area contributed by atoms with Crippen LogP contribution < -0.4 is 16.0 Å². The normalized spacial score (nSPS) is 13.0. The van der Waals surface area contributed by atoms with Crippen LogP contribution in [0.25, 0.3) is 10.6 Å². The van der Waals surface area contributed by atoms with Crippen molar-refractivity contribution in [1.29, 1.82) is 0 Å². The lowest BCUT2D eigenvalue weighted by Crippen LogP contribution is -2.29. The minimum Gasteiger partial charge on any atom is -0.389 e. The summed E-state index contributed by atoms with van der Waals surface area (Å²) in [6.07, 6.45) is 8.27. The van der Waals surface area contributed by atoms with Gasteiger partial charge in [-0.05, 0) is 43.5 Å². The topological polar surface area (TPSA) is 104 Å². The van der Waals surface area contributed by atoms with Gasteiger partial charge in [0.1, 0.15) is 21.5 Å². The number of pyridine rings is 1. The number of hydrogen-bond acceptors (Lipinski definition) is 8. The summed E-state index contributed by atoms with van der Waals surface area (Å²) in [6.45, 7) is 2.36. The van der Waals surface area contributed by atoms with E-state index in [-0.39, 0.29) is 27.2 Å². The number of amides is 1. The molecule has 0 bridgehead atoms. The zero-order chi connectivity index (χ0) is 24.7. The van der Waals surface area contributed by atoms with Crippen LogP contribution in [-0.4, -0.2) is 61.3 Å². The molecule has 1 amide bonds. The van der Waals surface area contributed by atoms with Crippen molar-refractivity contribution in [1.82, 2.24) is 14.9 Å². The maximum Gasteiger partial charge on any atom is 0.253 e. The van der Waals surface area contributed by atoms with Crippen molar-refractivity contribution in [3.05, 3.63) is 53.7 Å². The number of anilines is 3. The van der Waals surface area contributed by atoms with Gasteiger partial charge in [-0.1, -0.05) is 11.3 Å². The monoisotopic (exact) mass is 484 g/mol. The molecule has 3 N–H and O–H groups in total. The Bertz CT molecular complexity index is 1140. The Morgan fingerprint density at radius 1 is 1.24 bits per heavy atom. The molecule has 0 unspecified atom stereocenters. The minimum absolute atomic E-state index is 0.0775. The SMILES string of the molecule is CN(C)C(=O)c1ccc(F)c(-c2nc(C=O)c(N)s2)c1.CNc1cnccc1N1CCCCC1. The molecule has 3 aromatic rings. The molecule has 0 saturated carbocycles. The average Bonchev–Trinajstić information content (AvgIpc) is 3.25. The van der Waals surface area contributed by atoms with Gasteiger partial charge in [-0.25, -0.2) is 9.37 Å². The number of aromatic nitrogens is 2. The van der Waals surface area contributed by atoms with Gasteiger partial charge in [0, 0.05) is 51.6 Å². The maximum absolute atomic E-state index is 13.9. The highest BCUT2D eigenvalue weighted by atomic mass is 32.1. The van der Waals surface area contributed by atoms with Gasteiger partial charge in [-0.2, -0.15) is 0 Å². The van der Waals surface area contributed by atoms with Gasteiger partial charge in [0.15, 0.2) is 6.29 Å². The lowest BCUT2D eigenvalue weighted by atomic mass is 10.1. The fraction of sp³-hybridized carbons (Fsp3) is 0.333. The average molecular weight is 485 g/mol. The third-order valence-corrected chi connectivity index (χ3v) is 6.34. The number of piperidine rings is 1. The molecule has 1 fully saturated rings. The van der Waals surface area contributed by atoms with E-state index in [2.05, 4.69) is 26.3 Å². The van der Waals surface area contributed by atoms with Crippen molar-refractivity contribution in [2.24, 2.45) is 0 Å². The molecule has 0 spiro atoms. The van der Waals surface area contributed by atoms with Gasteiger partial charge in [-0.3, -0.25) is 14.6 Å². The summed E-state index contributed by atoms with van der Waals surface area (Å²) in [6, 6.07) is 6.10. The Kier molecular flexibility index (Phi) is 8.53. The molecule has 10 heteroatoms. The zero-order valence-corrected chi connectivity index (χ0v) is 20.4. The first-order valence-electron chi connectivity index (χ1n) is 11.0. The summed E-state index contributed by atoms with van der Waals surface area (Å²) in [4.78, 5) is 34.5. The van der Waals surface area contributed by atoms with Crippen molar-refractivity contribution < 1.29 is 14.0 Å². The molecule has 34 heavy (non-hydrogen) atoms. The molecule has 180 valence electrons. The van der Waals surface area contributed by atoms with Crippen LogP contribution in [0.5, 0.6) is 0 Å². The summed E-state index contributed by atoms with van der Waals surface area (Å²) in [5.41, 5.74) is 8.61. The van der Waals surface area contributed by atoms with E-state index in [0.717, 1.165) is 17.0 Å². The molecule has 1 aliphatic heterocycles. The molecule has 1 aliphatic rings. The van der Waals surface area contributed by atoms with Gasteiger partial charge in [0.2, 0.25) is 0 Å². The Hall–Kier alpha value is -3.53. The fourth-order valence-corrected chi connectivity index (χ4v) is 4.43. The standard InChI is InChI=1S/C13H12FN3O2S.C11H17N3/c1-17(2)13(19)7-3-4-9(14)8(5-7)12-16-10(6-18)11(15)20-12;1-12-10-9-13-6-5-11(10)14-7-3-2-4-8-14/h3-6H,15H2,1-2H3;5-6,9,12H,2-4,7-8H2,1H3. The van der Waals surface area contributed by atoms with Gasteiger partial charge in [0.25, 0.3) is 5.91 Å². The maximum atomic E-state index is 13.9. The highest BCUT2D eigenvalue weighted by Crippen LogP contribution is 2.32. The number of rotatable bonds is 5. The van der Waals surface area contributed by atoms with Crippen LogP contribution in [0.3, 0.4) is 0 Å². The van der Waals surface area contributed by atoms with Crippen molar-refractivity contribution in [3.8, 4) is 10.6 Å². The van der Waals surface area contributed by atoms with Crippen LogP contribution in [-0.2, 0) is 0 Å². The largest absolute Gasteiger partial charge is 0.389 e. The van der Waals surface area contributed by atoms with Crippen LogP contribution in [0.1, 0.15) is 40.1 Å². The number of nitrogens with zero attached hydrogens (tertiary/aromatic N) is 4. The number of thiazole rings is 1. The summed E-state index contributed by atoms with van der Waals surface area (Å²) in [7, 11) is 5.17. The molecule has 0 aliphatic carbocycles. The summed E-state index contributed by atoms with van der Waals surface area (Å²) < 4.78 is 13.9. The molecule has 2 aromatic heterocycles. The van der Waals surface area contributed by atoms with Crippen molar-refractivity contribution in [2.45, 2.75) is 19.3 Å². The van der Waals surface area contributed by atoms with Crippen LogP contribution >= 0.6 is 11.3 Å². The summed E-state index contributed by atoms with van der Waals surface area (Å²) in [5.74, 6) is -0.766. The van der Waals surface area contributed by atoms with E-state index in [1.54, 1.807) is 14.1 Å². The number of nitrogen functional groups attached to an aromatic ring is 1.